The molecule has 5 nitrogen and oxygen atoms in total. The highest BCUT2D eigenvalue weighted by Crippen LogP contribution is 2.41. The third kappa shape index (κ3) is 3.52. The van der Waals surface area contributed by atoms with Crippen LogP contribution < -0.4 is 4.74 Å². The number of rotatable bonds is 0. The summed E-state index contributed by atoms with van der Waals surface area (Å²) in [5.74, 6) is 0.786. The molecular formula is C20H17ClN4OS. The number of pyridine rings is 1. The minimum atomic E-state index is 0.420. The first kappa shape index (κ1) is 17.9. The molecule has 2 aliphatic rings. The average molecular weight is 397 g/mol. The normalized spacial score (nSPS) is 15.8. The molecule has 0 amide bonds. The molecule has 0 atom stereocenters. The molecule has 0 radical (unpaired) electrons. The second-order valence-electron chi connectivity index (χ2n) is 6.41. The summed E-state index contributed by atoms with van der Waals surface area (Å²) in [5.41, 5.74) is 5.53. The van der Waals surface area contributed by atoms with E-state index in [-0.39, 0.29) is 0 Å². The summed E-state index contributed by atoms with van der Waals surface area (Å²) in [6, 6.07) is 11.8. The zero-order valence-corrected chi connectivity index (χ0v) is 16.1. The smallest absolute Gasteiger partial charge is 0.205 e. The maximum atomic E-state index is 6.98. The van der Waals surface area contributed by atoms with E-state index in [2.05, 4.69) is 16.0 Å². The van der Waals surface area contributed by atoms with Crippen molar-refractivity contribution in [1.29, 1.82) is 5.41 Å². The molecule has 3 heterocycles. The lowest BCUT2D eigenvalue weighted by Crippen LogP contribution is -2.34. The van der Waals surface area contributed by atoms with Gasteiger partial charge in [-0.3, -0.25) is 4.98 Å². The fourth-order valence-electron chi connectivity index (χ4n) is 3.58. The largest absolute Gasteiger partial charge is 0.488 e. The summed E-state index contributed by atoms with van der Waals surface area (Å²) in [4.78, 5) is 10.5. The molecule has 0 unspecified atom stereocenters. The van der Waals surface area contributed by atoms with Crippen LogP contribution in [0.1, 0.15) is 29.7 Å². The van der Waals surface area contributed by atoms with E-state index < -0.39 is 0 Å². The van der Waals surface area contributed by atoms with Crippen molar-refractivity contribution < 1.29 is 4.74 Å². The van der Waals surface area contributed by atoms with Gasteiger partial charge in [0.25, 0.3) is 0 Å². The quantitative estimate of drug-likeness (QED) is 0.523. The first-order valence-electron chi connectivity index (χ1n) is 8.68. The van der Waals surface area contributed by atoms with E-state index in [1.165, 1.54) is 5.57 Å². The van der Waals surface area contributed by atoms with Crippen LogP contribution in [0.3, 0.4) is 0 Å². The molecule has 0 spiro atoms. The Balaban J connectivity index is 1.79. The minimum absolute atomic E-state index is 0.420. The highest BCUT2D eigenvalue weighted by molar-refractivity contribution is 7.80. The third-order valence-corrected chi connectivity index (χ3v) is 5.45. The van der Waals surface area contributed by atoms with E-state index in [9.17, 15) is 0 Å². The third-order valence-electron chi connectivity index (χ3n) is 4.87. The summed E-state index contributed by atoms with van der Waals surface area (Å²) >= 11 is 11.4. The second-order valence-corrected chi connectivity index (χ2v) is 7.21. The Hall–Kier alpha value is -2.53. The molecule has 7 heteroatoms. The number of ether oxygens (including phenoxy) is 1. The van der Waals surface area contributed by atoms with Gasteiger partial charge in [0.05, 0.1) is 11.7 Å². The lowest BCUT2D eigenvalue weighted by atomic mass is 9.89. The van der Waals surface area contributed by atoms with E-state index in [1.807, 2.05) is 41.4 Å². The molecule has 1 saturated heterocycles. The first-order valence-corrected chi connectivity index (χ1v) is 9.46. The van der Waals surface area contributed by atoms with Crippen molar-refractivity contribution in [2.75, 3.05) is 13.1 Å². The zero-order chi connectivity index (χ0) is 18.8. The van der Waals surface area contributed by atoms with Crippen LogP contribution in [0.25, 0.3) is 5.57 Å². The van der Waals surface area contributed by atoms with Gasteiger partial charge in [0, 0.05) is 41.0 Å². The molecule has 1 aromatic heterocycles. The van der Waals surface area contributed by atoms with Gasteiger partial charge in [0.15, 0.2) is 0 Å². The van der Waals surface area contributed by atoms with Gasteiger partial charge in [-0.05, 0) is 49.3 Å². The van der Waals surface area contributed by atoms with Gasteiger partial charge in [-0.2, -0.15) is 4.99 Å². The van der Waals surface area contributed by atoms with Crippen molar-refractivity contribution >= 4 is 40.5 Å². The topological polar surface area (TPSA) is 61.6 Å². The van der Waals surface area contributed by atoms with Gasteiger partial charge in [-0.25, -0.2) is 5.41 Å². The first-order chi connectivity index (χ1) is 13.2. The Bertz CT molecular complexity index is 987. The molecule has 2 aromatic rings. The molecule has 0 bridgehead atoms. The molecule has 2 aliphatic heterocycles. The summed E-state index contributed by atoms with van der Waals surface area (Å²) in [6.07, 6.45) is 3.52. The van der Waals surface area contributed by atoms with Crippen LogP contribution in [0.15, 0.2) is 47.1 Å². The number of halogens is 1. The number of hydrogen-bond donors (Lipinski definition) is 1. The number of hydrogen-bond acceptors (Lipinski definition) is 4. The van der Waals surface area contributed by atoms with Crippen molar-refractivity contribution in [3.8, 4) is 5.75 Å². The van der Waals surface area contributed by atoms with Crippen molar-refractivity contribution in [2.24, 2.45) is 4.99 Å². The van der Waals surface area contributed by atoms with Crippen LogP contribution in [0.4, 0.5) is 0 Å². The summed E-state index contributed by atoms with van der Waals surface area (Å²) in [6.45, 7) is 1.99. The van der Waals surface area contributed by atoms with E-state index in [0.717, 1.165) is 54.1 Å². The molecule has 0 aliphatic carbocycles. The maximum Gasteiger partial charge on any atom is 0.205 e. The monoisotopic (exact) mass is 396 g/mol. The molecule has 4 rings (SSSR count). The average Bonchev–Trinajstić information content (AvgIpc) is 2.85. The SMILES string of the molecule is N=C=NC(=S)N1CCC(=C2c3ccc(Cl)cc3OCc3cccnc32)CC1. The Morgan fingerprint density at radius 2 is 2.11 bits per heavy atom. The Morgan fingerprint density at radius 1 is 1.30 bits per heavy atom. The fraction of sp³-hybridized carbons (Fsp3) is 0.250. The number of aromatic nitrogens is 1. The Labute approximate surface area is 167 Å². The fourth-order valence-corrected chi connectivity index (χ4v) is 3.97. The molecular weight excluding hydrogens is 380 g/mol. The van der Waals surface area contributed by atoms with Crippen LogP contribution in [0.5, 0.6) is 5.75 Å². The molecule has 136 valence electrons. The van der Waals surface area contributed by atoms with Gasteiger partial charge in [0.1, 0.15) is 12.4 Å². The standard InChI is InChI=1S/C20H17ClN4OS/c21-15-3-4-16-17(10-15)26-11-14-2-1-7-23-19(14)18(16)13-5-8-25(9-6-13)20(27)24-12-22/h1-4,7,10,22H,5-6,8-9,11H2. The second kappa shape index (κ2) is 7.61. The number of thiocarbonyl (C=S) groups is 1. The lowest BCUT2D eigenvalue weighted by molar-refractivity contribution is 0.307. The number of likely N-dealkylation sites (tertiary alicyclic amines) is 1. The molecule has 0 saturated carbocycles. The molecule has 1 N–H and O–H groups in total. The number of piperidine rings is 1. The molecule has 1 fully saturated rings. The number of aliphatic imine (C=N–C) groups is 1. The van der Waals surface area contributed by atoms with Crippen LogP contribution in [0.2, 0.25) is 5.02 Å². The van der Waals surface area contributed by atoms with E-state index in [0.29, 0.717) is 16.7 Å². The zero-order valence-electron chi connectivity index (χ0n) is 14.5. The van der Waals surface area contributed by atoms with Gasteiger partial charge in [0.2, 0.25) is 5.11 Å². The van der Waals surface area contributed by atoms with Crippen molar-refractivity contribution in [3.05, 3.63) is 63.9 Å². The van der Waals surface area contributed by atoms with Crippen LogP contribution >= 0.6 is 23.8 Å². The predicted octanol–water partition coefficient (Wildman–Crippen LogP) is 4.56. The predicted molar refractivity (Wildman–Crippen MR) is 110 cm³/mol. The number of nitrogens with one attached hydrogen (secondary N) is 1. The van der Waals surface area contributed by atoms with E-state index in [4.69, 9.17) is 34.0 Å². The van der Waals surface area contributed by atoms with E-state index >= 15 is 0 Å². The van der Waals surface area contributed by atoms with Gasteiger partial charge >= 0.3 is 0 Å². The summed E-state index contributed by atoms with van der Waals surface area (Å²) in [7, 11) is 0. The Kier molecular flexibility index (Phi) is 5.03. The van der Waals surface area contributed by atoms with E-state index in [1.54, 1.807) is 0 Å². The van der Waals surface area contributed by atoms with Crippen molar-refractivity contribution in [2.45, 2.75) is 19.4 Å². The molecule has 27 heavy (non-hydrogen) atoms. The van der Waals surface area contributed by atoms with Gasteiger partial charge in [-0.15, -0.1) is 0 Å². The van der Waals surface area contributed by atoms with Crippen LogP contribution in [0, 0.1) is 5.41 Å². The van der Waals surface area contributed by atoms with Gasteiger partial charge < -0.3 is 9.64 Å². The van der Waals surface area contributed by atoms with Gasteiger partial charge in [-0.1, -0.05) is 23.2 Å². The molecule has 1 aromatic carbocycles. The lowest BCUT2D eigenvalue weighted by Gasteiger charge is -2.30. The summed E-state index contributed by atoms with van der Waals surface area (Å²) < 4.78 is 6.03. The minimum Gasteiger partial charge on any atom is -0.488 e. The highest BCUT2D eigenvalue weighted by atomic mass is 35.5. The van der Waals surface area contributed by atoms with Crippen LogP contribution in [-0.2, 0) is 6.61 Å². The summed E-state index contributed by atoms with van der Waals surface area (Å²) in [5, 5.41) is 8.06. The van der Waals surface area contributed by atoms with Crippen LogP contribution in [-0.4, -0.2) is 34.1 Å². The number of fused-ring (bicyclic) bond motifs is 2. The highest BCUT2D eigenvalue weighted by Gasteiger charge is 2.26. The number of benzene rings is 1. The number of nitrogens with zero attached hydrogens (tertiary/aromatic N) is 3. The van der Waals surface area contributed by atoms with Crippen molar-refractivity contribution in [1.82, 2.24) is 9.88 Å². The van der Waals surface area contributed by atoms with Crippen molar-refractivity contribution in [3.63, 3.8) is 0 Å². The Morgan fingerprint density at radius 3 is 2.89 bits per heavy atom. The maximum absolute atomic E-state index is 6.98.